The molecule has 0 aromatic rings. The molecular weight excluding hydrogens is 404 g/mol. The van der Waals surface area contributed by atoms with Crippen LogP contribution in [0, 0.1) is 5.41 Å². The zero-order valence-corrected chi connectivity index (χ0v) is 19.9. The molecule has 0 N–H and O–H groups in total. The van der Waals surface area contributed by atoms with E-state index in [9.17, 15) is 14.4 Å². The minimum Gasteiger partial charge on any atom is -0.541 e. The maximum atomic E-state index is 12.9. The number of esters is 2. The van der Waals surface area contributed by atoms with Crippen molar-refractivity contribution in [2.75, 3.05) is 13.2 Å². The largest absolute Gasteiger partial charge is 0.541 e. The van der Waals surface area contributed by atoms with E-state index in [1.54, 1.807) is 26.0 Å². The molecule has 0 amide bonds. The van der Waals surface area contributed by atoms with Gasteiger partial charge in [-0.3, -0.25) is 14.4 Å². The second-order valence-electron chi connectivity index (χ2n) is 9.69. The lowest BCUT2D eigenvalue weighted by atomic mass is 9.82. The van der Waals surface area contributed by atoms with Gasteiger partial charge in [-0.1, -0.05) is 26.8 Å². The molecule has 30 heavy (non-hydrogen) atoms. The van der Waals surface area contributed by atoms with E-state index in [4.69, 9.17) is 18.6 Å². The molecule has 3 aliphatic rings. The molecule has 0 aromatic carbocycles. The number of Topliss-reactive ketones (excluding diaryl/α,β-unsaturated/α-hetero) is 1. The first-order chi connectivity index (χ1) is 13.8. The molecule has 166 valence electrons. The van der Waals surface area contributed by atoms with Gasteiger partial charge in [0, 0.05) is 12.8 Å². The Kier molecular flexibility index (Phi) is 5.56. The molecule has 2 aliphatic heterocycles. The number of hydrogen-bond acceptors (Lipinski definition) is 7. The van der Waals surface area contributed by atoms with Gasteiger partial charge < -0.3 is 18.6 Å². The number of rotatable bonds is 6. The van der Waals surface area contributed by atoms with Crippen LogP contribution < -0.4 is 0 Å². The van der Waals surface area contributed by atoms with Gasteiger partial charge in [0.2, 0.25) is 5.78 Å². The van der Waals surface area contributed by atoms with Crippen LogP contribution in [0.4, 0.5) is 0 Å². The SMILES string of the molecule is CCOC(=O)C1(C(=O)OCC)C=C2C[C@H]3O[C@@]2(C=C(O[Si](C)(C)C(C)(C)C)C3=O)C1. The predicted molar refractivity (Wildman–Crippen MR) is 112 cm³/mol. The fourth-order valence-corrected chi connectivity index (χ4v) is 5.00. The summed E-state index contributed by atoms with van der Waals surface area (Å²) in [6.07, 6.45) is 2.94. The highest BCUT2D eigenvalue weighted by Gasteiger charge is 2.64. The zero-order valence-electron chi connectivity index (χ0n) is 18.9. The smallest absolute Gasteiger partial charge is 0.327 e. The van der Waals surface area contributed by atoms with Crippen LogP contribution in [0.25, 0.3) is 0 Å². The van der Waals surface area contributed by atoms with Crippen molar-refractivity contribution in [3.8, 4) is 0 Å². The molecule has 0 unspecified atom stereocenters. The Morgan fingerprint density at radius 2 is 1.70 bits per heavy atom. The van der Waals surface area contributed by atoms with Crippen LogP contribution >= 0.6 is 0 Å². The molecule has 1 aliphatic carbocycles. The van der Waals surface area contributed by atoms with E-state index < -0.39 is 37.4 Å². The zero-order chi connectivity index (χ0) is 22.5. The summed E-state index contributed by atoms with van der Waals surface area (Å²) in [5, 5.41) is -0.0862. The molecule has 1 spiro atoms. The Morgan fingerprint density at radius 1 is 1.13 bits per heavy atom. The molecule has 1 fully saturated rings. The lowest BCUT2D eigenvalue weighted by Crippen LogP contribution is -2.47. The van der Waals surface area contributed by atoms with Crippen molar-refractivity contribution in [3.05, 3.63) is 23.5 Å². The van der Waals surface area contributed by atoms with Gasteiger partial charge in [-0.05, 0) is 43.6 Å². The predicted octanol–water partition coefficient (Wildman–Crippen LogP) is 3.45. The van der Waals surface area contributed by atoms with E-state index in [0.29, 0.717) is 6.42 Å². The normalized spacial score (nSPS) is 27.2. The van der Waals surface area contributed by atoms with Gasteiger partial charge in [0.1, 0.15) is 17.5 Å². The summed E-state index contributed by atoms with van der Waals surface area (Å²) < 4.78 is 22.9. The standard InChI is InChI=1S/C22H32O7Si/c1-8-26-18(24)21(19(25)27-9-2)11-14-10-15-17(23)16(12-22(14,13-21)28-15)29-30(6,7)20(3,4)5/h11-12,15H,8-10,13H2,1-7H3/t15-,22+/m1/s1. The van der Waals surface area contributed by atoms with Crippen molar-refractivity contribution in [3.63, 3.8) is 0 Å². The second kappa shape index (κ2) is 7.34. The van der Waals surface area contributed by atoms with Gasteiger partial charge in [0.15, 0.2) is 5.41 Å². The van der Waals surface area contributed by atoms with Crippen LogP contribution in [0.2, 0.25) is 18.1 Å². The molecule has 2 heterocycles. The lowest BCUT2D eigenvalue weighted by Gasteiger charge is -2.39. The third kappa shape index (κ3) is 3.43. The number of carbonyl (C=O) groups is 3. The van der Waals surface area contributed by atoms with Gasteiger partial charge >= 0.3 is 11.9 Å². The monoisotopic (exact) mass is 436 g/mol. The van der Waals surface area contributed by atoms with Crippen LogP contribution in [0.1, 0.15) is 47.5 Å². The number of carbonyl (C=O) groups excluding carboxylic acids is 3. The Hall–Kier alpha value is -1.93. The molecule has 8 heteroatoms. The average molecular weight is 437 g/mol. The van der Waals surface area contributed by atoms with Gasteiger partial charge in [0.25, 0.3) is 8.32 Å². The molecule has 1 saturated heterocycles. The number of hydrogen-bond donors (Lipinski definition) is 0. The first kappa shape index (κ1) is 22.7. The fourth-order valence-electron chi connectivity index (χ4n) is 3.98. The molecule has 0 radical (unpaired) electrons. The Morgan fingerprint density at radius 3 is 2.20 bits per heavy atom. The summed E-state index contributed by atoms with van der Waals surface area (Å²) in [6, 6.07) is 0. The van der Waals surface area contributed by atoms with Crippen molar-refractivity contribution in [1.82, 2.24) is 0 Å². The van der Waals surface area contributed by atoms with Crippen LogP contribution in [0.5, 0.6) is 0 Å². The topological polar surface area (TPSA) is 88.1 Å². The fraction of sp³-hybridized carbons (Fsp3) is 0.682. The summed E-state index contributed by atoms with van der Waals surface area (Å²) in [4.78, 5) is 38.6. The molecular formula is C22H32O7Si. The van der Waals surface area contributed by atoms with E-state index in [1.807, 2.05) is 0 Å². The van der Waals surface area contributed by atoms with Gasteiger partial charge in [-0.25, -0.2) is 0 Å². The quantitative estimate of drug-likeness (QED) is 0.273. The highest BCUT2D eigenvalue weighted by molar-refractivity contribution is 6.74. The van der Waals surface area contributed by atoms with Crippen molar-refractivity contribution in [2.45, 2.75) is 77.3 Å². The van der Waals surface area contributed by atoms with Crippen molar-refractivity contribution < 1.29 is 33.0 Å². The van der Waals surface area contributed by atoms with Crippen LogP contribution in [-0.4, -0.2) is 51.0 Å². The maximum Gasteiger partial charge on any atom is 0.327 e. The first-order valence-corrected chi connectivity index (χ1v) is 13.4. The Labute approximate surface area is 178 Å². The van der Waals surface area contributed by atoms with Crippen LogP contribution in [0.3, 0.4) is 0 Å². The van der Waals surface area contributed by atoms with Crippen molar-refractivity contribution in [2.24, 2.45) is 5.41 Å². The molecule has 2 atom stereocenters. The summed E-state index contributed by atoms with van der Waals surface area (Å²) in [7, 11) is -2.26. The number of fused-ring (bicyclic) bond motifs is 1. The lowest BCUT2D eigenvalue weighted by molar-refractivity contribution is -0.170. The van der Waals surface area contributed by atoms with Gasteiger partial charge in [0.05, 0.1) is 13.2 Å². The summed E-state index contributed by atoms with van der Waals surface area (Å²) >= 11 is 0. The molecule has 7 nitrogen and oxygen atoms in total. The van der Waals surface area contributed by atoms with Gasteiger partial charge in [-0.15, -0.1) is 0 Å². The molecule has 2 bridgehead atoms. The van der Waals surface area contributed by atoms with Crippen LogP contribution in [0.15, 0.2) is 23.5 Å². The van der Waals surface area contributed by atoms with E-state index >= 15 is 0 Å². The molecule has 0 saturated carbocycles. The number of ketones is 1. The van der Waals surface area contributed by atoms with E-state index in [1.165, 1.54) is 0 Å². The van der Waals surface area contributed by atoms with Crippen LogP contribution in [-0.2, 0) is 33.0 Å². The molecule has 0 aromatic heterocycles. The van der Waals surface area contributed by atoms with Gasteiger partial charge in [-0.2, -0.15) is 0 Å². The third-order valence-corrected chi connectivity index (χ3v) is 11.0. The summed E-state index contributed by atoms with van der Waals surface area (Å²) in [5.74, 6) is -1.21. The first-order valence-electron chi connectivity index (χ1n) is 10.5. The summed E-state index contributed by atoms with van der Waals surface area (Å²) in [6.45, 7) is 14.1. The minimum atomic E-state index is -2.26. The van der Waals surface area contributed by atoms with E-state index in [2.05, 4.69) is 33.9 Å². The summed E-state index contributed by atoms with van der Waals surface area (Å²) in [5.41, 5.74) is -1.88. The Bertz CT molecular complexity index is 815. The minimum absolute atomic E-state index is 0.0150. The highest BCUT2D eigenvalue weighted by Crippen LogP contribution is 2.56. The maximum absolute atomic E-state index is 12.9. The second-order valence-corrected chi connectivity index (χ2v) is 14.4. The Balaban J connectivity index is 2.02. The molecule has 3 rings (SSSR count). The highest BCUT2D eigenvalue weighted by atomic mass is 28.4. The van der Waals surface area contributed by atoms with Crippen molar-refractivity contribution in [1.29, 1.82) is 0 Å². The van der Waals surface area contributed by atoms with Crippen molar-refractivity contribution >= 4 is 26.0 Å². The third-order valence-electron chi connectivity index (χ3n) is 6.61. The van der Waals surface area contributed by atoms with E-state index in [-0.39, 0.29) is 36.2 Å². The number of ether oxygens (including phenoxy) is 3. The average Bonchev–Trinajstić information content (AvgIpc) is 3.08. The van der Waals surface area contributed by atoms with E-state index in [0.717, 1.165) is 5.57 Å².